The monoisotopic (exact) mass is 370 g/mol. The van der Waals surface area contributed by atoms with Gasteiger partial charge in [0.1, 0.15) is 5.69 Å². The van der Waals surface area contributed by atoms with Crippen molar-refractivity contribution in [1.29, 1.82) is 0 Å². The zero-order valence-corrected chi connectivity index (χ0v) is 15.3. The summed E-state index contributed by atoms with van der Waals surface area (Å²) in [7, 11) is 1.54. The van der Waals surface area contributed by atoms with Gasteiger partial charge in [-0.1, -0.05) is 29.8 Å². The summed E-state index contributed by atoms with van der Waals surface area (Å²) in [6.45, 7) is 2.11. The normalized spacial score (nSPS) is 10.1. The van der Waals surface area contributed by atoms with Crippen molar-refractivity contribution in [2.24, 2.45) is 0 Å². The summed E-state index contributed by atoms with van der Waals surface area (Å²) in [5.41, 5.74) is 2.07. The molecule has 2 aromatic carbocycles. The molecule has 0 aliphatic carbocycles. The molecule has 0 fully saturated rings. The SMILES string of the molecule is Cc1ccc(NC(=O)CN(C)C(=O)CCNc2ccccc2[N+](=O)[O-])cc1. The van der Waals surface area contributed by atoms with Crippen LogP contribution in [0.25, 0.3) is 0 Å². The van der Waals surface area contributed by atoms with Crippen molar-refractivity contribution >= 4 is 28.9 Å². The van der Waals surface area contributed by atoms with E-state index in [1.165, 1.54) is 11.0 Å². The molecule has 0 saturated heterocycles. The van der Waals surface area contributed by atoms with Crippen molar-refractivity contribution in [1.82, 2.24) is 4.90 Å². The van der Waals surface area contributed by atoms with Gasteiger partial charge in [0, 0.05) is 31.8 Å². The second kappa shape index (κ2) is 9.33. The Bertz CT molecular complexity index is 821. The lowest BCUT2D eigenvalue weighted by Gasteiger charge is -2.17. The first-order chi connectivity index (χ1) is 12.9. The Morgan fingerprint density at radius 2 is 1.78 bits per heavy atom. The Balaban J connectivity index is 1.79. The maximum atomic E-state index is 12.2. The molecule has 0 aliphatic heterocycles. The smallest absolute Gasteiger partial charge is 0.292 e. The molecular formula is C19H22N4O4. The molecule has 8 nitrogen and oxygen atoms in total. The first kappa shape index (κ1) is 19.9. The lowest BCUT2D eigenvalue weighted by Crippen LogP contribution is -2.35. The highest BCUT2D eigenvalue weighted by Crippen LogP contribution is 2.22. The number of aryl methyl sites for hydroxylation is 1. The number of para-hydroxylation sites is 2. The molecular weight excluding hydrogens is 348 g/mol. The molecule has 2 rings (SSSR count). The van der Waals surface area contributed by atoms with Crippen LogP contribution < -0.4 is 10.6 Å². The fraction of sp³-hybridized carbons (Fsp3) is 0.263. The van der Waals surface area contributed by atoms with Crippen LogP contribution in [-0.2, 0) is 9.59 Å². The number of rotatable bonds is 8. The van der Waals surface area contributed by atoms with Crippen molar-refractivity contribution in [3.8, 4) is 0 Å². The second-order valence-electron chi connectivity index (χ2n) is 6.12. The van der Waals surface area contributed by atoms with E-state index < -0.39 is 4.92 Å². The molecule has 0 spiro atoms. The third-order valence-corrected chi connectivity index (χ3v) is 3.90. The Labute approximate surface area is 157 Å². The Kier molecular flexibility index (Phi) is 6.87. The van der Waals surface area contributed by atoms with Crippen LogP contribution in [0.2, 0.25) is 0 Å². The summed E-state index contributed by atoms with van der Waals surface area (Å²) >= 11 is 0. The fourth-order valence-corrected chi connectivity index (χ4v) is 2.42. The minimum Gasteiger partial charge on any atom is -0.379 e. The lowest BCUT2D eigenvalue weighted by atomic mass is 10.2. The highest BCUT2D eigenvalue weighted by atomic mass is 16.6. The number of carbonyl (C=O) groups is 2. The van der Waals surface area contributed by atoms with E-state index in [-0.39, 0.29) is 37.0 Å². The van der Waals surface area contributed by atoms with E-state index in [2.05, 4.69) is 10.6 Å². The van der Waals surface area contributed by atoms with Gasteiger partial charge in [-0.2, -0.15) is 0 Å². The molecule has 2 aromatic rings. The van der Waals surface area contributed by atoms with E-state index in [4.69, 9.17) is 0 Å². The van der Waals surface area contributed by atoms with Crippen LogP contribution in [-0.4, -0.2) is 41.8 Å². The molecule has 0 aromatic heterocycles. The van der Waals surface area contributed by atoms with Gasteiger partial charge in [0.15, 0.2) is 0 Å². The number of nitro groups is 1. The molecule has 0 aliphatic rings. The predicted octanol–water partition coefficient (Wildman–Crippen LogP) is 2.80. The largest absolute Gasteiger partial charge is 0.379 e. The molecule has 0 atom stereocenters. The van der Waals surface area contributed by atoms with Gasteiger partial charge in [0.05, 0.1) is 11.5 Å². The molecule has 0 unspecified atom stereocenters. The molecule has 0 heterocycles. The molecule has 2 N–H and O–H groups in total. The maximum Gasteiger partial charge on any atom is 0.292 e. The predicted molar refractivity (Wildman–Crippen MR) is 104 cm³/mol. The summed E-state index contributed by atoms with van der Waals surface area (Å²) in [5.74, 6) is -0.526. The van der Waals surface area contributed by atoms with E-state index in [0.29, 0.717) is 11.4 Å². The maximum absolute atomic E-state index is 12.2. The van der Waals surface area contributed by atoms with Crippen LogP contribution >= 0.6 is 0 Å². The average molecular weight is 370 g/mol. The number of carbonyl (C=O) groups excluding carboxylic acids is 2. The van der Waals surface area contributed by atoms with E-state index >= 15 is 0 Å². The average Bonchev–Trinajstić information content (AvgIpc) is 2.63. The number of nitrogens with zero attached hydrogens (tertiary/aromatic N) is 2. The molecule has 8 heteroatoms. The van der Waals surface area contributed by atoms with Gasteiger partial charge in [-0.05, 0) is 25.1 Å². The number of hydrogen-bond donors (Lipinski definition) is 2. The van der Waals surface area contributed by atoms with Gasteiger partial charge >= 0.3 is 0 Å². The van der Waals surface area contributed by atoms with Crippen LogP contribution in [0.4, 0.5) is 17.1 Å². The first-order valence-corrected chi connectivity index (χ1v) is 8.44. The lowest BCUT2D eigenvalue weighted by molar-refractivity contribution is -0.384. The van der Waals surface area contributed by atoms with E-state index in [0.717, 1.165) is 5.56 Å². The summed E-state index contributed by atoms with van der Waals surface area (Å²) in [4.78, 5) is 36.0. The van der Waals surface area contributed by atoms with Gasteiger partial charge in [0.2, 0.25) is 11.8 Å². The number of anilines is 2. The number of amides is 2. The quantitative estimate of drug-likeness (QED) is 0.549. The van der Waals surface area contributed by atoms with E-state index in [9.17, 15) is 19.7 Å². The van der Waals surface area contributed by atoms with Crippen LogP contribution in [0, 0.1) is 17.0 Å². The zero-order valence-electron chi connectivity index (χ0n) is 15.3. The van der Waals surface area contributed by atoms with Crippen molar-refractivity contribution in [2.45, 2.75) is 13.3 Å². The zero-order chi connectivity index (χ0) is 19.8. The number of likely N-dealkylation sites (N-methyl/N-ethyl adjacent to an activating group) is 1. The van der Waals surface area contributed by atoms with E-state index in [1.807, 2.05) is 19.1 Å². The standard InChI is InChI=1S/C19H22N4O4/c1-14-7-9-15(10-8-14)21-18(24)13-22(2)19(25)11-12-20-16-5-3-4-6-17(16)23(26)27/h3-10,20H,11-13H2,1-2H3,(H,21,24). The number of hydrogen-bond acceptors (Lipinski definition) is 5. The fourth-order valence-electron chi connectivity index (χ4n) is 2.42. The number of benzene rings is 2. The molecule has 0 radical (unpaired) electrons. The van der Waals surface area contributed by atoms with Crippen molar-refractivity contribution in [2.75, 3.05) is 30.8 Å². The summed E-state index contributed by atoms with van der Waals surface area (Å²) in [5, 5.41) is 16.6. The molecule has 0 bridgehead atoms. The van der Waals surface area contributed by atoms with Gasteiger partial charge in [-0.15, -0.1) is 0 Å². The Hall–Kier alpha value is -3.42. The number of nitro benzene ring substituents is 1. The highest BCUT2D eigenvalue weighted by Gasteiger charge is 2.15. The number of nitrogens with one attached hydrogen (secondary N) is 2. The molecule has 27 heavy (non-hydrogen) atoms. The molecule has 2 amide bonds. The van der Waals surface area contributed by atoms with Gasteiger partial charge < -0.3 is 15.5 Å². The van der Waals surface area contributed by atoms with Crippen molar-refractivity contribution in [3.05, 3.63) is 64.2 Å². The summed E-state index contributed by atoms with van der Waals surface area (Å²) in [6.07, 6.45) is 0.111. The third kappa shape index (κ3) is 6.10. The Morgan fingerprint density at radius 1 is 1.11 bits per heavy atom. The first-order valence-electron chi connectivity index (χ1n) is 8.44. The molecule has 0 saturated carbocycles. The third-order valence-electron chi connectivity index (χ3n) is 3.90. The van der Waals surface area contributed by atoms with Crippen LogP contribution in [0.5, 0.6) is 0 Å². The Morgan fingerprint density at radius 3 is 2.44 bits per heavy atom. The highest BCUT2D eigenvalue weighted by molar-refractivity contribution is 5.94. The second-order valence-corrected chi connectivity index (χ2v) is 6.12. The molecule has 142 valence electrons. The minimum absolute atomic E-state index is 0.0456. The van der Waals surface area contributed by atoms with Crippen LogP contribution in [0.15, 0.2) is 48.5 Å². The van der Waals surface area contributed by atoms with Gasteiger partial charge in [-0.25, -0.2) is 0 Å². The van der Waals surface area contributed by atoms with Crippen LogP contribution in [0.1, 0.15) is 12.0 Å². The minimum atomic E-state index is -0.480. The van der Waals surface area contributed by atoms with Crippen LogP contribution in [0.3, 0.4) is 0 Å². The van der Waals surface area contributed by atoms with Crippen molar-refractivity contribution < 1.29 is 14.5 Å². The van der Waals surface area contributed by atoms with Gasteiger partial charge in [0.25, 0.3) is 5.69 Å². The summed E-state index contributed by atoms with van der Waals surface area (Å²) in [6, 6.07) is 13.6. The summed E-state index contributed by atoms with van der Waals surface area (Å²) < 4.78 is 0. The van der Waals surface area contributed by atoms with Gasteiger partial charge in [-0.3, -0.25) is 19.7 Å². The van der Waals surface area contributed by atoms with Crippen molar-refractivity contribution in [3.63, 3.8) is 0 Å². The van der Waals surface area contributed by atoms with E-state index in [1.54, 1.807) is 37.4 Å². The topological polar surface area (TPSA) is 105 Å².